The van der Waals surface area contributed by atoms with Gasteiger partial charge in [-0.25, -0.2) is 4.98 Å². The van der Waals surface area contributed by atoms with Crippen molar-refractivity contribution in [1.29, 1.82) is 0 Å². The van der Waals surface area contributed by atoms with Gasteiger partial charge in [0.1, 0.15) is 5.15 Å². The van der Waals surface area contributed by atoms with Gasteiger partial charge in [-0.3, -0.25) is 4.21 Å². The van der Waals surface area contributed by atoms with Crippen molar-refractivity contribution in [3.8, 4) is 0 Å². The maximum Gasteiger partial charge on any atom is 0.129 e. The molecule has 0 fully saturated rings. The van der Waals surface area contributed by atoms with Crippen LogP contribution in [0.1, 0.15) is 25.5 Å². The van der Waals surface area contributed by atoms with Crippen LogP contribution in [0, 0.1) is 0 Å². The second-order valence-corrected chi connectivity index (χ2v) is 5.77. The molecule has 0 aromatic carbocycles. The third-order valence-corrected chi connectivity index (χ3v) is 3.86. The van der Waals surface area contributed by atoms with E-state index in [0.717, 1.165) is 17.9 Å². The maximum absolute atomic E-state index is 11.2. The molecule has 0 amide bonds. The Morgan fingerprint density at radius 3 is 3.00 bits per heavy atom. The summed E-state index contributed by atoms with van der Waals surface area (Å²) in [7, 11) is -0.705. The number of nitrogens with one attached hydrogen (secondary N) is 1. The Labute approximate surface area is 104 Å². The normalized spacial score (nSPS) is 14.7. The summed E-state index contributed by atoms with van der Waals surface area (Å²) >= 11 is 5.81. The van der Waals surface area contributed by atoms with Crippen molar-refractivity contribution in [2.24, 2.45) is 0 Å². The highest BCUT2D eigenvalue weighted by atomic mass is 35.5. The zero-order chi connectivity index (χ0) is 12.0. The number of hydrogen-bond acceptors (Lipinski definition) is 3. The molecule has 1 heterocycles. The molecule has 0 saturated carbocycles. The SMILES string of the molecule is CCS(=O)CCNC(C)c1ccnc(Cl)c1. The Hall–Kier alpha value is -0.450. The largest absolute Gasteiger partial charge is 0.309 e. The molecule has 1 rings (SSSR count). The van der Waals surface area contributed by atoms with Crippen molar-refractivity contribution in [2.45, 2.75) is 19.9 Å². The van der Waals surface area contributed by atoms with E-state index in [2.05, 4.69) is 17.2 Å². The van der Waals surface area contributed by atoms with Crippen molar-refractivity contribution >= 4 is 22.4 Å². The summed E-state index contributed by atoms with van der Waals surface area (Å²) in [5, 5.41) is 3.81. The number of pyridine rings is 1. The van der Waals surface area contributed by atoms with E-state index < -0.39 is 10.8 Å². The van der Waals surface area contributed by atoms with Crippen LogP contribution in [0.25, 0.3) is 0 Å². The predicted octanol–water partition coefficient (Wildman–Crippen LogP) is 2.15. The van der Waals surface area contributed by atoms with Crippen LogP contribution in [0.3, 0.4) is 0 Å². The van der Waals surface area contributed by atoms with E-state index in [1.165, 1.54) is 0 Å². The summed E-state index contributed by atoms with van der Waals surface area (Å²) in [4.78, 5) is 3.93. The minimum absolute atomic E-state index is 0.203. The molecule has 1 N–H and O–H groups in total. The standard InChI is InChI=1S/C11H17ClN2OS/c1-3-16(15)7-6-13-9(2)10-4-5-14-11(12)8-10/h4-5,8-9,13H,3,6-7H2,1-2H3. The smallest absolute Gasteiger partial charge is 0.129 e. The van der Waals surface area contributed by atoms with Crippen molar-refractivity contribution in [1.82, 2.24) is 10.3 Å². The van der Waals surface area contributed by atoms with Crippen LogP contribution in [0.15, 0.2) is 18.3 Å². The molecule has 1 aromatic rings. The molecule has 5 heteroatoms. The molecule has 2 unspecified atom stereocenters. The quantitative estimate of drug-likeness (QED) is 0.797. The van der Waals surface area contributed by atoms with E-state index in [-0.39, 0.29) is 6.04 Å². The molecule has 0 aliphatic rings. The molecule has 2 atom stereocenters. The van der Waals surface area contributed by atoms with Crippen LogP contribution >= 0.6 is 11.6 Å². The van der Waals surface area contributed by atoms with Crippen LogP contribution in [0.5, 0.6) is 0 Å². The van der Waals surface area contributed by atoms with Gasteiger partial charge in [0.25, 0.3) is 0 Å². The van der Waals surface area contributed by atoms with Crippen molar-refractivity contribution in [3.63, 3.8) is 0 Å². The minimum atomic E-state index is -0.705. The van der Waals surface area contributed by atoms with Crippen molar-refractivity contribution < 1.29 is 4.21 Å². The molecule has 0 bridgehead atoms. The van der Waals surface area contributed by atoms with Crippen LogP contribution in [0.2, 0.25) is 5.15 Å². The summed E-state index contributed by atoms with van der Waals surface area (Å²) < 4.78 is 11.2. The molecule has 0 aliphatic carbocycles. The first-order valence-corrected chi connectivity index (χ1v) is 7.20. The van der Waals surface area contributed by atoms with Crippen molar-refractivity contribution in [2.75, 3.05) is 18.1 Å². The lowest BCUT2D eigenvalue weighted by molar-refractivity contribution is 0.596. The fourth-order valence-electron chi connectivity index (χ4n) is 1.34. The number of nitrogens with zero attached hydrogens (tertiary/aromatic N) is 1. The first-order valence-electron chi connectivity index (χ1n) is 5.33. The van der Waals surface area contributed by atoms with Gasteiger partial charge in [0.15, 0.2) is 0 Å². The number of hydrogen-bond donors (Lipinski definition) is 1. The highest BCUT2D eigenvalue weighted by Gasteiger charge is 2.05. The van der Waals surface area contributed by atoms with Gasteiger partial charge < -0.3 is 5.32 Å². The highest BCUT2D eigenvalue weighted by molar-refractivity contribution is 7.84. The highest BCUT2D eigenvalue weighted by Crippen LogP contribution is 2.14. The van der Waals surface area contributed by atoms with E-state index in [1.54, 1.807) is 6.20 Å². The second-order valence-electron chi connectivity index (χ2n) is 3.52. The van der Waals surface area contributed by atoms with Crippen LogP contribution < -0.4 is 5.32 Å². The Bertz CT molecular complexity index is 360. The first kappa shape index (κ1) is 13.6. The van der Waals surface area contributed by atoms with Crippen LogP contribution in [-0.2, 0) is 10.8 Å². The first-order chi connectivity index (χ1) is 7.63. The Morgan fingerprint density at radius 1 is 1.62 bits per heavy atom. The predicted molar refractivity (Wildman–Crippen MR) is 69.2 cm³/mol. The zero-order valence-electron chi connectivity index (χ0n) is 9.57. The lowest BCUT2D eigenvalue weighted by Gasteiger charge is -2.13. The van der Waals surface area contributed by atoms with E-state index in [9.17, 15) is 4.21 Å². The monoisotopic (exact) mass is 260 g/mol. The number of aromatic nitrogens is 1. The van der Waals surface area contributed by atoms with E-state index in [0.29, 0.717) is 10.9 Å². The van der Waals surface area contributed by atoms with Gasteiger partial charge in [-0.2, -0.15) is 0 Å². The van der Waals surface area contributed by atoms with Gasteiger partial charge in [0.05, 0.1) is 0 Å². The average Bonchev–Trinajstić information content (AvgIpc) is 2.28. The van der Waals surface area contributed by atoms with Crippen LogP contribution in [-0.4, -0.2) is 27.2 Å². The average molecular weight is 261 g/mol. The van der Waals surface area contributed by atoms with E-state index in [1.807, 2.05) is 19.1 Å². The topological polar surface area (TPSA) is 42.0 Å². The number of halogens is 1. The van der Waals surface area contributed by atoms with Gasteiger partial charge >= 0.3 is 0 Å². The Morgan fingerprint density at radius 2 is 2.38 bits per heavy atom. The van der Waals surface area contributed by atoms with Gasteiger partial charge in [-0.15, -0.1) is 0 Å². The van der Waals surface area contributed by atoms with Gasteiger partial charge in [0.2, 0.25) is 0 Å². The molecule has 0 radical (unpaired) electrons. The molecule has 0 saturated heterocycles. The summed E-state index contributed by atoms with van der Waals surface area (Å²) in [6.07, 6.45) is 1.69. The third kappa shape index (κ3) is 4.60. The number of rotatable bonds is 6. The third-order valence-electron chi connectivity index (χ3n) is 2.35. The molecule has 3 nitrogen and oxygen atoms in total. The minimum Gasteiger partial charge on any atom is -0.309 e. The lowest BCUT2D eigenvalue weighted by atomic mass is 10.1. The lowest BCUT2D eigenvalue weighted by Crippen LogP contribution is -2.24. The Balaban J connectivity index is 2.40. The van der Waals surface area contributed by atoms with Gasteiger partial charge in [-0.05, 0) is 24.6 Å². The molecule has 0 aliphatic heterocycles. The van der Waals surface area contributed by atoms with E-state index in [4.69, 9.17) is 11.6 Å². The molecule has 0 spiro atoms. The summed E-state index contributed by atoms with van der Waals surface area (Å²) in [5.41, 5.74) is 1.10. The maximum atomic E-state index is 11.2. The molecule has 90 valence electrons. The fraction of sp³-hybridized carbons (Fsp3) is 0.545. The molecule has 16 heavy (non-hydrogen) atoms. The Kier molecular flexibility index (Phi) is 5.95. The summed E-state index contributed by atoms with van der Waals surface area (Å²) in [6.45, 7) is 4.74. The molecule has 1 aromatic heterocycles. The second kappa shape index (κ2) is 6.99. The molecular weight excluding hydrogens is 244 g/mol. The summed E-state index contributed by atoms with van der Waals surface area (Å²) in [5.74, 6) is 1.41. The van der Waals surface area contributed by atoms with Crippen LogP contribution in [0.4, 0.5) is 0 Å². The van der Waals surface area contributed by atoms with E-state index >= 15 is 0 Å². The van der Waals surface area contributed by atoms with Gasteiger partial charge in [0, 0.05) is 41.1 Å². The zero-order valence-corrected chi connectivity index (χ0v) is 11.1. The summed E-state index contributed by atoms with van der Waals surface area (Å²) in [6, 6.07) is 3.98. The van der Waals surface area contributed by atoms with Crippen molar-refractivity contribution in [3.05, 3.63) is 29.0 Å². The fourth-order valence-corrected chi connectivity index (χ4v) is 2.15. The van der Waals surface area contributed by atoms with Gasteiger partial charge in [-0.1, -0.05) is 18.5 Å². The molecular formula is C11H17ClN2OS.